The van der Waals surface area contributed by atoms with Gasteiger partial charge < -0.3 is 25.7 Å². The number of rotatable bonds is 6. The second-order valence-electron chi connectivity index (χ2n) is 3.47. The molecular formula is C9H19N3O3. The first-order chi connectivity index (χ1) is 7.33. The van der Waals surface area contributed by atoms with Crippen molar-refractivity contribution in [3.05, 3.63) is 0 Å². The first kappa shape index (κ1) is 12.2. The van der Waals surface area contributed by atoms with E-state index in [1.54, 1.807) is 0 Å². The third-order valence-corrected chi connectivity index (χ3v) is 2.17. The maximum atomic E-state index is 8.30. The fourth-order valence-corrected chi connectivity index (χ4v) is 1.36. The van der Waals surface area contributed by atoms with Crippen LogP contribution in [-0.4, -0.2) is 50.1 Å². The SMILES string of the molecule is NC(CCCNCC1COCCO1)=NO. The molecule has 4 N–H and O–H groups in total. The summed E-state index contributed by atoms with van der Waals surface area (Å²) in [5.41, 5.74) is 5.33. The van der Waals surface area contributed by atoms with Crippen LogP contribution in [0.1, 0.15) is 12.8 Å². The minimum Gasteiger partial charge on any atom is -0.409 e. The van der Waals surface area contributed by atoms with Gasteiger partial charge in [-0.3, -0.25) is 0 Å². The quantitative estimate of drug-likeness (QED) is 0.184. The molecule has 0 aromatic heterocycles. The van der Waals surface area contributed by atoms with Crippen molar-refractivity contribution in [2.75, 3.05) is 32.9 Å². The van der Waals surface area contributed by atoms with E-state index in [9.17, 15) is 0 Å². The standard InChI is InChI=1S/C9H19N3O3/c10-9(12-13)2-1-3-11-6-8-7-14-4-5-15-8/h8,11,13H,1-7H2,(H2,10,12). The third kappa shape index (κ3) is 5.56. The Kier molecular flexibility index (Phi) is 6.06. The number of nitrogens with zero attached hydrogens (tertiary/aromatic N) is 1. The van der Waals surface area contributed by atoms with E-state index >= 15 is 0 Å². The van der Waals surface area contributed by atoms with Gasteiger partial charge in [0, 0.05) is 13.0 Å². The van der Waals surface area contributed by atoms with E-state index in [0.29, 0.717) is 26.2 Å². The topological polar surface area (TPSA) is 89.1 Å². The van der Waals surface area contributed by atoms with Gasteiger partial charge in [0.2, 0.25) is 0 Å². The van der Waals surface area contributed by atoms with Gasteiger partial charge in [-0.05, 0) is 13.0 Å². The summed E-state index contributed by atoms with van der Waals surface area (Å²) in [7, 11) is 0. The summed E-state index contributed by atoms with van der Waals surface area (Å²) in [5, 5.41) is 14.4. The van der Waals surface area contributed by atoms with E-state index < -0.39 is 0 Å². The zero-order valence-electron chi connectivity index (χ0n) is 8.82. The van der Waals surface area contributed by atoms with Gasteiger partial charge in [-0.25, -0.2) is 0 Å². The van der Waals surface area contributed by atoms with E-state index in [4.69, 9.17) is 20.4 Å². The molecule has 0 aromatic carbocycles. The lowest BCUT2D eigenvalue weighted by molar-refractivity contribution is -0.0862. The summed E-state index contributed by atoms with van der Waals surface area (Å²) in [5.74, 6) is 0.272. The van der Waals surface area contributed by atoms with E-state index in [0.717, 1.165) is 19.5 Å². The molecule has 1 rings (SSSR count). The van der Waals surface area contributed by atoms with Gasteiger partial charge in [0.05, 0.1) is 25.9 Å². The van der Waals surface area contributed by atoms with Crippen LogP contribution in [-0.2, 0) is 9.47 Å². The summed E-state index contributed by atoms with van der Waals surface area (Å²) in [6.07, 6.45) is 1.61. The van der Waals surface area contributed by atoms with E-state index in [2.05, 4.69) is 10.5 Å². The van der Waals surface area contributed by atoms with Crippen LogP contribution in [0.4, 0.5) is 0 Å². The molecule has 1 unspecified atom stereocenters. The van der Waals surface area contributed by atoms with Crippen molar-refractivity contribution in [3.8, 4) is 0 Å². The molecule has 1 saturated heterocycles. The molecule has 0 aliphatic carbocycles. The van der Waals surface area contributed by atoms with Crippen LogP contribution >= 0.6 is 0 Å². The second kappa shape index (κ2) is 7.44. The highest BCUT2D eigenvalue weighted by Crippen LogP contribution is 1.98. The van der Waals surface area contributed by atoms with Crippen LogP contribution in [0.2, 0.25) is 0 Å². The highest BCUT2D eigenvalue weighted by Gasteiger charge is 2.12. The highest BCUT2D eigenvalue weighted by atomic mass is 16.6. The van der Waals surface area contributed by atoms with Gasteiger partial charge in [-0.15, -0.1) is 0 Å². The van der Waals surface area contributed by atoms with Crippen LogP contribution in [0.3, 0.4) is 0 Å². The smallest absolute Gasteiger partial charge is 0.139 e. The molecule has 0 aromatic rings. The number of nitrogens with two attached hydrogens (primary N) is 1. The average molecular weight is 217 g/mol. The van der Waals surface area contributed by atoms with Crippen molar-refractivity contribution >= 4 is 5.84 Å². The largest absolute Gasteiger partial charge is 0.409 e. The highest BCUT2D eigenvalue weighted by molar-refractivity contribution is 5.79. The summed E-state index contributed by atoms with van der Waals surface area (Å²) >= 11 is 0. The lowest BCUT2D eigenvalue weighted by Gasteiger charge is -2.23. The van der Waals surface area contributed by atoms with Crippen LogP contribution in [0.25, 0.3) is 0 Å². The molecule has 0 bridgehead atoms. The normalized spacial score (nSPS) is 22.9. The van der Waals surface area contributed by atoms with Crippen molar-refractivity contribution < 1.29 is 14.7 Å². The van der Waals surface area contributed by atoms with E-state index in [-0.39, 0.29) is 11.9 Å². The zero-order chi connectivity index (χ0) is 10.9. The number of oxime groups is 1. The minimum atomic E-state index is 0.155. The van der Waals surface area contributed by atoms with Crippen molar-refractivity contribution in [2.24, 2.45) is 10.9 Å². The van der Waals surface area contributed by atoms with Gasteiger partial charge in [-0.2, -0.15) is 0 Å². The molecule has 1 atom stereocenters. The number of hydrogen-bond acceptors (Lipinski definition) is 5. The van der Waals surface area contributed by atoms with E-state index in [1.807, 2.05) is 0 Å². The Morgan fingerprint density at radius 3 is 3.07 bits per heavy atom. The first-order valence-corrected chi connectivity index (χ1v) is 5.19. The fourth-order valence-electron chi connectivity index (χ4n) is 1.36. The molecule has 1 heterocycles. The Morgan fingerprint density at radius 1 is 1.53 bits per heavy atom. The fraction of sp³-hybridized carbons (Fsp3) is 0.889. The van der Waals surface area contributed by atoms with Crippen molar-refractivity contribution in [1.29, 1.82) is 0 Å². The lowest BCUT2D eigenvalue weighted by Crippen LogP contribution is -2.37. The number of nitrogens with one attached hydrogen (secondary N) is 1. The summed E-state index contributed by atoms with van der Waals surface area (Å²) < 4.78 is 10.7. The Morgan fingerprint density at radius 2 is 2.40 bits per heavy atom. The average Bonchev–Trinajstić information content (AvgIpc) is 2.29. The Balaban J connectivity index is 1.92. The van der Waals surface area contributed by atoms with Gasteiger partial charge in [-0.1, -0.05) is 5.16 Å². The Hall–Kier alpha value is -0.850. The molecule has 0 amide bonds. The Labute approximate surface area is 89.4 Å². The van der Waals surface area contributed by atoms with Crippen molar-refractivity contribution in [3.63, 3.8) is 0 Å². The maximum absolute atomic E-state index is 8.30. The van der Waals surface area contributed by atoms with Crippen LogP contribution in [0.15, 0.2) is 5.16 Å². The monoisotopic (exact) mass is 217 g/mol. The molecule has 1 aliphatic rings. The molecule has 0 saturated carbocycles. The summed E-state index contributed by atoms with van der Waals surface area (Å²) in [4.78, 5) is 0. The van der Waals surface area contributed by atoms with Crippen LogP contribution in [0, 0.1) is 0 Å². The summed E-state index contributed by atoms with van der Waals surface area (Å²) in [6.45, 7) is 3.65. The van der Waals surface area contributed by atoms with Crippen molar-refractivity contribution in [2.45, 2.75) is 18.9 Å². The molecule has 0 radical (unpaired) electrons. The molecule has 6 heteroatoms. The number of hydrogen-bond donors (Lipinski definition) is 3. The van der Waals surface area contributed by atoms with Crippen LogP contribution < -0.4 is 11.1 Å². The van der Waals surface area contributed by atoms with Crippen molar-refractivity contribution in [1.82, 2.24) is 5.32 Å². The molecule has 88 valence electrons. The van der Waals surface area contributed by atoms with Crippen LogP contribution in [0.5, 0.6) is 0 Å². The molecule has 1 aliphatic heterocycles. The van der Waals surface area contributed by atoms with Gasteiger partial charge >= 0.3 is 0 Å². The molecule has 15 heavy (non-hydrogen) atoms. The molecular weight excluding hydrogens is 198 g/mol. The minimum absolute atomic E-state index is 0.155. The number of ether oxygens (including phenoxy) is 2. The first-order valence-electron chi connectivity index (χ1n) is 5.19. The number of amidine groups is 1. The zero-order valence-corrected chi connectivity index (χ0v) is 8.82. The lowest BCUT2D eigenvalue weighted by atomic mass is 10.3. The molecule has 6 nitrogen and oxygen atoms in total. The predicted octanol–water partition coefficient (Wildman–Crippen LogP) is -0.482. The van der Waals surface area contributed by atoms with E-state index in [1.165, 1.54) is 0 Å². The summed E-state index contributed by atoms with van der Waals surface area (Å²) in [6, 6.07) is 0. The second-order valence-corrected chi connectivity index (χ2v) is 3.47. The van der Waals surface area contributed by atoms with Gasteiger partial charge in [0.25, 0.3) is 0 Å². The maximum Gasteiger partial charge on any atom is 0.139 e. The molecule has 0 spiro atoms. The molecule has 1 fully saturated rings. The van der Waals surface area contributed by atoms with Gasteiger partial charge in [0.15, 0.2) is 0 Å². The predicted molar refractivity (Wildman–Crippen MR) is 56.1 cm³/mol. The third-order valence-electron chi connectivity index (χ3n) is 2.17. The van der Waals surface area contributed by atoms with Gasteiger partial charge in [0.1, 0.15) is 5.84 Å². The Bertz CT molecular complexity index is 193.